The van der Waals surface area contributed by atoms with Gasteiger partial charge in [0.15, 0.2) is 13.8 Å². The first-order valence-electron chi connectivity index (χ1n) is 8.33. The van der Waals surface area contributed by atoms with Crippen LogP contribution in [0.5, 0.6) is 0 Å². The number of nitrogens with zero attached hydrogens (tertiary/aromatic N) is 3. The summed E-state index contributed by atoms with van der Waals surface area (Å²) in [5.74, 6) is 0.475. The highest BCUT2D eigenvalue weighted by Gasteiger charge is 2.31. The van der Waals surface area contributed by atoms with Crippen LogP contribution in [0.1, 0.15) is 18.9 Å². The second-order valence-electron chi connectivity index (χ2n) is 6.36. The topological polar surface area (TPSA) is 67.2 Å². The number of rotatable bonds is 6. The molecule has 26 heavy (non-hydrogen) atoms. The van der Waals surface area contributed by atoms with E-state index in [0.29, 0.717) is 27.2 Å². The maximum Gasteiger partial charge on any atom is 0.209 e. The van der Waals surface area contributed by atoms with E-state index in [1.807, 2.05) is 32.0 Å². The summed E-state index contributed by atoms with van der Waals surface area (Å²) in [6.45, 7) is 5.21. The van der Waals surface area contributed by atoms with E-state index in [2.05, 4.69) is 15.3 Å². The number of sulfone groups is 1. The van der Waals surface area contributed by atoms with Gasteiger partial charge in [-0.05, 0) is 49.8 Å². The third kappa shape index (κ3) is 4.64. The van der Waals surface area contributed by atoms with Crippen molar-refractivity contribution in [3.8, 4) is 0 Å². The Balaban J connectivity index is 1.73. The zero-order chi connectivity index (χ0) is 18.9. The van der Waals surface area contributed by atoms with Crippen molar-refractivity contribution in [2.45, 2.75) is 33.0 Å². The van der Waals surface area contributed by atoms with E-state index in [0.717, 1.165) is 17.8 Å². The summed E-state index contributed by atoms with van der Waals surface area (Å²) in [5.41, 5.74) is 1.87. The van der Waals surface area contributed by atoms with Crippen LogP contribution >= 0.6 is 35.2 Å². The molecule has 0 bridgehead atoms. The molecule has 1 aromatic carbocycles. The Morgan fingerprint density at radius 1 is 1.50 bits per heavy atom. The van der Waals surface area contributed by atoms with E-state index in [4.69, 9.17) is 23.8 Å². The van der Waals surface area contributed by atoms with Gasteiger partial charge in [-0.15, -0.1) is 5.10 Å². The number of benzene rings is 1. The molecule has 0 radical (unpaired) electrons. The van der Waals surface area contributed by atoms with Crippen molar-refractivity contribution in [2.24, 2.45) is 0 Å². The maximum absolute atomic E-state index is 11.8. The second-order valence-corrected chi connectivity index (χ2v) is 10.6. The van der Waals surface area contributed by atoms with Crippen molar-refractivity contribution in [1.29, 1.82) is 0 Å². The van der Waals surface area contributed by atoms with Crippen LogP contribution in [0.15, 0.2) is 18.2 Å². The smallest absolute Gasteiger partial charge is 0.209 e. The Kier molecular flexibility index (Phi) is 6.03. The summed E-state index contributed by atoms with van der Waals surface area (Å²) in [6.07, 6.45) is 0.667. The molecule has 1 aliphatic heterocycles. The number of aryl methyl sites for hydroxylation is 1. The van der Waals surface area contributed by atoms with Crippen LogP contribution in [0, 0.1) is 10.9 Å². The molecule has 2 aromatic rings. The SMILES string of the molecule is CCN(Cn1nc(Nc2ccc(C)c(Cl)c2)sc1=S)C1CCS(=O)(=O)C1. The van der Waals surface area contributed by atoms with Crippen molar-refractivity contribution in [1.82, 2.24) is 14.7 Å². The quantitative estimate of drug-likeness (QED) is 0.699. The Morgan fingerprint density at radius 3 is 2.88 bits per heavy atom. The van der Waals surface area contributed by atoms with E-state index >= 15 is 0 Å². The maximum atomic E-state index is 11.8. The largest absolute Gasteiger partial charge is 0.330 e. The monoisotopic (exact) mass is 432 g/mol. The zero-order valence-corrected chi connectivity index (χ0v) is 17.8. The molecule has 1 saturated heterocycles. The van der Waals surface area contributed by atoms with Crippen molar-refractivity contribution in [2.75, 3.05) is 23.4 Å². The molecule has 6 nitrogen and oxygen atoms in total. The summed E-state index contributed by atoms with van der Waals surface area (Å²) in [6, 6.07) is 5.77. The highest BCUT2D eigenvalue weighted by Crippen LogP contribution is 2.25. The van der Waals surface area contributed by atoms with Gasteiger partial charge in [-0.2, -0.15) is 0 Å². The van der Waals surface area contributed by atoms with Gasteiger partial charge in [0.25, 0.3) is 0 Å². The fourth-order valence-corrected chi connectivity index (χ4v) is 5.90. The number of hydrogen-bond donors (Lipinski definition) is 1. The molecule has 3 rings (SSSR count). The number of nitrogens with one attached hydrogen (secondary N) is 1. The fraction of sp³-hybridized carbons (Fsp3) is 0.500. The molecule has 1 aliphatic rings. The van der Waals surface area contributed by atoms with Crippen LogP contribution in [0.25, 0.3) is 0 Å². The van der Waals surface area contributed by atoms with Gasteiger partial charge in [-0.3, -0.25) is 4.90 Å². The van der Waals surface area contributed by atoms with Gasteiger partial charge < -0.3 is 5.32 Å². The molecule has 1 aromatic heterocycles. The lowest BCUT2D eigenvalue weighted by molar-refractivity contribution is 0.165. The predicted octanol–water partition coefficient (Wildman–Crippen LogP) is 3.85. The first-order valence-corrected chi connectivity index (χ1v) is 11.8. The Bertz CT molecular complexity index is 955. The average molecular weight is 433 g/mol. The minimum Gasteiger partial charge on any atom is -0.330 e. The van der Waals surface area contributed by atoms with Gasteiger partial charge in [0.05, 0.1) is 18.2 Å². The van der Waals surface area contributed by atoms with Crippen molar-refractivity contribution < 1.29 is 8.42 Å². The fourth-order valence-electron chi connectivity index (χ4n) is 2.95. The van der Waals surface area contributed by atoms with Crippen molar-refractivity contribution in [3.05, 3.63) is 32.7 Å². The lowest BCUT2D eigenvalue weighted by Crippen LogP contribution is -2.37. The Labute approximate surface area is 167 Å². The van der Waals surface area contributed by atoms with Gasteiger partial charge in [-0.25, -0.2) is 13.1 Å². The molecule has 0 amide bonds. The second kappa shape index (κ2) is 7.93. The average Bonchev–Trinajstić information content (AvgIpc) is 3.10. The minimum atomic E-state index is -2.92. The van der Waals surface area contributed by atoms with E-state index in [1.54, 1.807) is 4.68 Å². The summed E-state index contributed by atoms with van der Waals surface area (Å²) in [4.78, 5) is 2.12. The first kappa shape index (κ1) is 19.8. The number of anilines is 2. The lowest BCUT2D eigenvalue weighted by atomic mass is 10.2. The Morgan fingerprint density at radius 2 is 2.27 bits per heavy atom. The predicted molar refractivity (Wildman–Crippen MR) is 110 cm³/mol. The van der Waals surface area contributed by atoms with Crippen LogP contribution in [0.2, 0.25) is 5.02 Å². The van der Waals surface area contributed by atoms with E-state index in [9.17, 15) is 8.42 Å². The molecule has 0 saturated carbocycles. The van der Waals surface area contributed by atoms with E-state index in [1.165, 1.54) is 11.3 Å². The van der Waals surface area contributed by atoms with Crippen LogP contribution in [-0.4, -0.2) is 47.2 Å². The van der Waals surface area contributed by atoms with Crippen molar-refractivity contribution >= 4 is 55.8 Å². The highest BCUT2D eigenvalue weighted by atomic mass is 35.5. The summed E-state index contributed by atoms with van der Waals surface area (Å²) in [5, 5.41) is 9.14. The number of hydrogen-bond acceptors (Lipinski definition) is 7. The summed E-state index contributed by atoms with van der Waals surface area (Å²) < 4.78 is 25.9. The standard InChI is InChI=1S/C16H21ClN4O2S3/c1-3-20(13-6-7-26(22,23)9-13)10-21-16(24)25-15(19-21)18-12-5-4-11(2)14(17)8-12/h4-5,8,13H,3,6-7,9-10H2,1-2H3,(H,18,19). The normalized spacial score (nSPS) is 19.2. The highest BCUT2D eigenvalue weighted by molar-refractivity contribution is 7.91. The Hall–Kier alpha value is -1.00. The zero-order valence-electron chi connectivity index (χ0n) is 14.6. The minimum absolute atomic E-state index is 0.0286. The third-order valence-corrected chi connectivity index (χ3v) is 7.86. The van der Waals surface area contributed by atoms with Gasteiger partial charge in [0.1, 0.15) is 0 Å². The van der Waals surface area contributed by atoms with Crippen molar-refractivity contribution in [3.63, 3.8) is 0 Å². The molecule has 1 N–H and O–H groups in total. The molecule has 142 valence electrons. The number of halogens is 1. The van der Waals surface area contributed by atoms with Crippen LogP contribution in [0.3, 0.4) is 0 Å². The summed E-state index contributed by atoms with van der Waals surface area (Å²) in [7, 11) is -2.92. The molecule has 1 fully saturated rings. The van der Waals surface area contributed by atoms with Gasteiger partial charge in [-0.1, -0.05) is 35.9 Å². The molecule has 0 spiro atoms. The number of aromatic nitrogens is 2. The summed E-state index contributed by atoms with van der Waals surface area (Å²) >= 11 is 13.0. The molecular formula is C16H21ClN4O2S3. The van der Waals surface area contributed by atoms with Crippen LogP contribution < -0.4 is 5.32 Å². The molecule has 1 unspecified atom stereocenters. The van der Waals surface area contributed by atoms with E-state index < -0.39 is 9.84 Å². The molecular weight excluding hydrogens is 412 g/mol. The van der Waals surface area contributed by atoms with Crippen LogP contribution in [0.4, 0.5) is 10.8 Å². The van der Waals surface area contributed by atoms with E-state index in [-0.39, 0.29) is 17.5 Å². The molecule has 0 aliphatic carbocycles. The van der Waals surface area contributed by atoms with Gasteiger partial charge in [0, 0.05) is 16.8 Å². The lowest BCUT2D eigenvalue weighted by Gasteiger charge is -2.25. The molecule has 2 heterocycles. The third-order valence-electron chi connectivity index (χ3n) is 4.48. The van der Waals surface area contributed by atoms with Gasteiger partial charge in [0.2, 0.25) is 5.13 Å². The molecule has 1 atom stereocenters. The first-order chi connectivity index (χ1) is 12.3. The van der Waals surface area contributed by atoms with Gasteiger partial charge >= 0.3 is 0 Å². The van der Waals surface area contributed by atoms with Crippen LogP contribution in [-0.2, 0) is 16.5 Å². The molecule has 10 heteroatoms.